The van der Waals surface area contributed by atoms with E-state index in [1.54, 1.807) is 0 Å². The van der Waals surface area contributed by atoms with Crippen LogP contribution >= 0.6 is 0 Å². The summed E-state index contributed by atoms with van der Waals surface area (Å²) in [5.41, 5.74) is 0.144. The van der Waals surface area contributed by atoms with Gasteiger partial charge in [-0.1, -0.05) is 0 Å². The molecule has 2 aliphatic heterocycles. The third-order valence-electron chi connectivity index (χ3n) is 4.10. The van der Waals surface area contributed by atoms with Gasteiger partial charge in [0.2, 0.25) is 0 Å². The van der Waals surface area contributed by atoms with Crippen LogP contribution in [-0.4, -0.2) is 25.1 Å². The van der Waals surface area contributed by atoms with Gasteiger partial charge in [0.1, 0.15) is 11.6 Å². The minimum Gasteiger partial charge on any atom is -0.497 e. The number of rotatable bonds is 3. The van der Waals surface area contributed by atoms with Crippen molar-refractivity contribution in [3.63, 3.8) is 0 Å². The third kappa shape index (κ3) is 2.37. The number of fused-ring (bicyclic) bond motifs is 2. The van der Waals surface area contributed by atoms with Gasteiger partial charge >= 0.3 is 0 Å². The molecule has 0 N–H and O–H groups in total. The SMILES string of the molecule is COc1ccc(F)c(C(=O)C2CC3CCC(C2)O3)c1. The van der Waals surface area contributed by atoms with Crippen LogP contribution in [0.2, 0.25) is 0 Å². The lowest BCUT2D eigenvalue weighted by Crippen LogP contribution is -2.30. The fourth-order valence-electron chi connectivity index (χ4n) is 3.11. The summed E-state index contributed by atoms with van der Waals surface area (Å²) in [6.45, 7) is 0. The predicted molar refractivity (Wildman–Crippen MR) is 67.9 cm³/mol. The highest BCUT2D eigenvalue weighted by Gasteiger charge is 2.38. The lowest BCUT2D eigenvalue weighted by molar-refractivity contribution is -0.0150. The number of methoxy groups -OCH3 is 1. The number of benzene rings is 1. The molecular weight excluding hydrogens is 247 g/mol. The molecule has 3 rings (SSSR count). The summed E-state index contributed by atoms with van der Waals surface area (Å²) < 4.78 is 24.6. The van der Waals surface area contributed by atoms with Crippen molar-refractivity contribution in [1.82, 2.24) is 0 Å². The minimum atomic E-state index is -0.468. The maximum atomic E-state index is 13.8. The molecular formula is C15H17FO3. The molecule has 0 radical (unpaired) electrons. The molecule has 1 aromatic rings. The third-order valence-corrected chi connectivity index (χ3v) is 4.10. The number of ketones is 1. The smallest absolute Gasteiger partial charge is 0.169 e. The van der Waals surface area contributed by atoms with E-state index in [0.29, 0.717) is 18.6 Å². The Morgan fingerprint density at radius 2 is 2.00 bits per heavy atom. The van der Waals surface area contributed by atoms with Crippen molar-refractivity contribution in [2.24, 2.45) is 5.92 Å². The molecule has 2 heterocycles. The van der Waals surface area contributed by atoms with Gasteiger partial charge < -0.3 is 9.47 Å². The molecule has 102 valence electrons. The van der Waals surface area contributed by atoms with Crippen LogP contribution in [0.4, 0.5) is 4.39 Å². The Balaban J connectivity index is 1.83. The van der Waals surface area contributed by atoms with Crippen molar-refractivity contribution in [3.8, 4) is 5.75 Å². The van der Waals surface area contributed by atoms with Gasteiger partial charge in [0.15, 0.2) is 5.78 Å². The average molecular weight is 264 g/mol. The van der Waals surface area contributed by atoms with Crippen LogP contribution in [0.5, 0.6) is 5.75 Å². The van der Waals surface area contributed by atoms with E-state index in [2.05, 4.69) is 0 Å². The van der Waals surface area contributed by atoms with Crippen LogP contribution in [0.3, 0.4) is 0 Å². The predicted octanol–water partition coefficient (Wildman–Crippen LogP) is 2.97. The van der Waals surface area contributed by atoms with E-state index < -0.39 is 5.82 Å². The van der Waals surface area contributed by atoms with E-state index >= 15 is 0 Å². The molecule has 0 spiro atoms. The van der Waals surface area contributed by atoms with Gasteiger partial charge in [-0.15, -0.1) is 0 Å². The Morgan fingerprint density at radius 3 is 2.63 bits per heavy atom. The largest absolute Gasteiger partial charge is 0.497 e. The lowest BCUT2D eigenvalue weighted by Gasteiger charge is -2.27. The maximum absolute atomic E-state index is 13.8. The normalized spacial score (nSPS) is 29.3. The molecule has 0 saturated carbocycles. The first-order valence-electron chi connectivity index (χ1n) is 6.70. The molecule has 1 aromatic carbocycles. The zero-order valence-electron chi connectivity index (χ0n) is 10.9. The molecule has 19 heavy (non-hydrogen) atoms. The molecule has 2 aliphatic rings. The highest BCUT2D eigenvalue weighted by atomic mass is 19.1. The molecule has 2 unspecified atom stereocenters. The van der Waals surface area contributed by atoms with E-state index in [1.165, 1.54) is 25.3 Å². The van der Waals surface area contributed by atoms with E-state index in [-0.39, 0.29) is 29.5 Å². The molecule has 2 saturated heterocycles. The number of halogens is 1. The summed E-state index contributed by atoms with van der Waals surface area (Å²) in [6, 6.07) is 4.31. The fourth-order valence-corrected chi connectivity index (χ4v) is 3.11. The first kappa shape index (κ1) is 12.6. The van der Waals surface area contributed by atoms with Crippen LogP contribution in [0, 0.1) is 11.7 Å². The first-order valence-corrected chi connectivity index (χ1v) is 6.70. The molecule has 0 aromatic heterocycles. The monoisotopic (exact) mass is 264 g/mol. The number of hydrogen-bond acceptors (Lipinski definition) is 3. The van der Waals surface area contributed by atoms with E-state index in [1.807, 2.05) is 0 Å². The summed E-state index contributed by atoms with van der Waals surface area (Å²) in [6.07, 6.45) is 3.84. The van der Waals surface area contributed by atoms with Gasteiger partial charge in [0, 0.05) is 5.92 Å². The standard InChI is InChI=1S/C15H17FO3/c1-18-10-4-5-14(16)13(8-10)15(17)9-6-11-2-3-12(7-9)19-11/h4-5,8-9,11-12H,2-3,6-7H2,1H3. The molecule has 4 heteroatoms. The number of carbonyl (C=O) groups is 1. The molecule has 2 fully saturated rings. The molecule has 0 amide bonds. The summed E-state index contributed by atoms with van der Waals surface area (Å²) in [7, 11) is 1.51. The molecule has 0 aliphatic carbocycles. The van der Waals surface area contributed by atoms with Crippen molar-refractivity contribution in [3.05, 3.63) is 29.6 Å². The Kier molecular flexibility index (Phi) is 3.27. The molecule has 2 bridgehead atoms. The first-order chi connectivity index (χ1) is 9.17. The van der Waals surface area contributed by atoms with Crippen LogP contribution in [0.15, 0.2) is 18.2 Å². The van der Waals surface area contributed by atoms with E-state index in [4.69, 9.17) is 9.47 Å². The summed E-state index contributed by atoms with van der Waals surface area (Å²) >= 11 is 0. The van der Waals surface area contributed by atoms with Crippen LogP contribution in [0.25, 0.3) is 0 Å². The zero-order chi connectivity index (χ0) is 13.4. The topological polar surface area (TPSA) is 35.5 Å². The fraction of sp³-hybridized carbons (Fsp3) is 0.533. The van der Waals surface area contributed by atoms with E-state index in [0.717, 1.165) is 12.8 Å². The van der Waals surface area contributed by atoms with Gasteiger partial charge in [-0.2, -0.15) is 0 Å². The second kappa shape index (κ2) is 4.93. The highest BCUT2D eigenvalue weighted by Crippen LogP contribution is 2.37. The summed E-state index contributed by atoms with van der Waals surface area (Å²) in [4.78, 5) is 12.5. The second-order valence-electron chi connectivity index (χ2n) is 5.34. The van der Waals surface area contributed by atoms with Gasteiger partial charge in [-0.25, -0.2) is 4.39 Å². The minimum absolute atomic E-state index is 0.114. The van der Waals surface area contributed by atoms with Crippen molar-refractivity contribution in [2.75, 3.05) is 7.11 Å². The van der Waals surface area contributed by atoms with Gasteiger partial charge in [0.05, 0.1) is 24.9 Å². The zero-order valence-corrected chi connectivity index (χ0v) is 10.9. The lowest BCUT2D eigenvalue weighted by atomic mass is 9.88. The molecule has 3 nitrogen and oxygen atoms in total. The highest BCUT2D eigenvalue weighted by molar-refractivity contribution is 5.98. The Bertz CT molecular complexity index is 488. The number of hydrogen-bond donors (Lipinski definition) is 0. The Hall–Kier alpha value is -1.42. The van der Waals surface area contributed by atoms with Gasteiger partial charge in [-0.05, 0) is 43.9 Å². The quantitative estimate of drug-likeness (QED) is 0.787. The van der Waals surface area contributed by atoms with Crippen molar-refractivity contribution in [2.45, 2.75) is 37.9 Å². The number of carbonyl (C=O) groups excluding carboxylic acids is 1. The molecule has 2 atom stereocenters. The maximum Gasteiger partial charge on any atom is 0.169 e. The van der Waals surface area contributed by atoms with Gasteiger partial charge in [0.25, 0.3) is 0 Å². The number of Topliss-reactive ketones (excluding diaryl/α,β-unsaturated/α-hetero) is 1. The van der Waals surface area contributed by atoms with Gasteiger partial charge in [-0.3, -0.25) is 4.79 Å². The second-order valence-corrected chi connectivity index (χ2v) is 5.34. The van der Waals surface area contributed by atoms with Crippen LogP contribution < -0.4 is 4.74 Å². The number of ether oxygens (including phenoxy) is 2. The van der Waals surface area contributed by atoms with Crippen molar-refractivity contribution in [1.29, 1.82) is 0 Å². The van der Waals surface area contributed by atoms with E-state index in [9.17, 15) is 9.18 Å². The van der Waals surface area contributed by atoms with Crippen LogP contribution in [-0.2, 0) is 4.74 Å². The van der Waals surface area contributed by atoms with Crippen molar-refractivity contribution >= 4 is 5.78 Å². The Labute approximate surface area is 111 Å². The Morgan fingerprint density at radius 1 is 1.32 bits per heavy atom. The summed E-state index contributed by atoms with van der Waals surface area (Å²) in [5, 5.41) is 0. The average Bonchev–Trinajstić information content (AvgIpc) is 2.77. The summed E-state index contributed by atoms with van der Waals surface area (Å²) in [5.74, 6) is -0.186. The van der Waals surface area contributed by atoms with Crippen molar-refractivity contribution < 1.29 is 18.7 Å². The van der Waals surface area contributed by atoms with Crippen LogP contribution in [0.1, 0.15) is 36.0 Å².